The van der Waals surface area contributed by atoms with Gasteiger partial charge in [0.05, 0.1) is 5.92 Å². The number of hydrogen-bond acceptors (Lipinski definition) is 5. The zero-order valence-corrected chi connectivity index (χ0v) is 16.0. The van der Waals surface area contributed by atoms with Gasteiger partial charge in [-0.2, -0.15) is 0 Å². The lowest BCUT2D eigenvalue weighted by molar-refractivity contribution is -0.143. The molecule has 0 amide bonds. The second-order valence-electron chi connectivity index (χ2n) is 6.82. The second kappa shape index (κ2) is 10.3. The van der Waals surface area contributed by atoms with Crippen LogP contribution in [-0.2, 0) is 9.63 Å². The number of piperidine rings is 1. The number of benzene rings is 2. The number of oxime groups is 1. The molecule has 1 heterocycles. The first-order chi connectivity index (χ1) is 14.2. The molecule has 1 aliphatic heterocycles. The van der Waals surface area contributed by atoms with E-state index in [1.165, 1.54) is 0 Å². The lowest BCUT2D eigenvalue weighted by Gasteiger charge is -2.29. The van der Waals surface area contributed by atoms with Crippen molar-refractivity contribution in [1.29, 1.82) is 0 Å². The van der Waals surface area contributed by atoms with E-state index in [1.807, 2.05) is 42.5 Å². The first kappa shape index (κ1) is 20.4. The number of azide groups is 1. The third-order valence-electron chi connectivity index (χ3n) is 4.87. The van der Waals surface area contributed by atoms with Gasteiger partial charge in [0.1, 0.15) is 12.3 Å². The molecular formula is C21H23N5O3. The third kappa shape index (κ3) is 5.57. The van der Waals surface area contributed by atoms with Gasteiger partial charge in [-0.25, -0.2) is 0 Å². The van der Waals surface area contributed by atoms with Crippen LogP contribution in [0.15, 0.2) is 64.9 Å². The molecule has 0 saturated carbocycles. The van der Waals surface area contributed by atoms with Gasteiger partial charge in [0.15, 0.2) is 0 Å². The summed E-state index contributed by atoms with van der Waals surface area (Å²) in [6, 6.07) is 16.8. The Morgan fingerprint density at radius 1 is 1.21 bits per heavy atom. The van der Waals surface area contributed by atoms with E-state index in [0.29, 0.717) is 36.7 Å². The van der Waals surface area contributed by atoms with Gasteiger partial charge in [-0.3, -0.25) is 9.69 Å². The lowest BCUT2D eigenvalue weighted by Crippen LogP contribution is -2.40. The zero-order valence-electron chi connectivity index (χ0n) is 16.0. The third-order valence-corrected chi connectivity index (χ3v) is 4.87. The Labute approximate surface area is 169 Å². The Morgan fingerprint density at radius 2 is 1.97 bits per heavy atom. The van der Waals surface area contributed by atoms with Gasteiger partial charge >= 0.3 is 5.97 Å². The molecule has 3 rings (SSSR count). The number of likely N-dealkylation sites (tertiary alicyclic amines) is 1. The van der Waals surface area contributed by atoms with E-state index < -0.39 is 5.97 Å². The fraction of sp³-hybridized carbons (Fsp3) is 0.333. The molecular weight excluding hydrogens is 370 g/mol. The maximum absolute atomic E-state index is 11.2. The van der Waals surface area contributed by atoms with E-state index in [1.54, 1.807) is 12.1 Å². The summed E-state index contributed by atoms with van der Waals surface area (Å²) in [7, 11) is 0. The van der Waals surface area contributed by atoms with Crippen LogP contribution in [0.3, 0.4) is 0 Å². The van der Waals surface area contributed by atoms with Crippen molar-refractivity contribution in [2.24, 2.45) is 16.2 Å². The van der Waals surface area contributed by atoms with Crippen LogP contribution in [0.4, 0.5) is 5.69 Å². The van der Waals surface area contributed by atoms with Crippen molar-refractivity contribution < 1.29 is 14.7 Å². The van der Waals surface area contributed by atoms with Crippen LogP contribution in [-0.4, -0.2) is 47.9 Å². The number of aliphatic carboxylic acids is 1. The van der Waals surface area contributed by atoms with Crippen molar-refractivity contribution in [3.63, 3.8) is 0 Å². The Morgan fingerprint density at radius 3 is 2.72 bits per heavy atom. The summed E-state index contributed by atoms with van der Waals surface area (Å²) >= 11 is 0. The molecule has 0 radical (unpaired) electrons. The van der Waals surface area contributed by atoms with E-state index >= 15 is 0 Å². The molecule has 2 aromatic rings. The molecule has 1 atom stereocenters. The highest BCUT2D eigenvalue weighted by atomic mass is 16.6. The molecule has 0 unspecified atom stereocenters. The molecule has 1 N–H and O–H groups in total. The van der Waals surface area contributed by atoms with Crippen LogP contribution in [0.2, 0.25) is 0 Å². The number of carbonyl (C=O) groups is 1. The average molecular weight is 393 g/mol. The van der Waals surface area contributed by atoms with Crippen molar-refractivity contribution in [2.45, 2.75) is 12.8 Å². The standard InChI is InChI=1S/C21H23N5O3/c22-25-23-19-11-5-4-10-18(19)20(16-7-2-1-3-8-16)24-29-14-13-26-12-6-9-17(15-26)21(27)28/h1-5,7-8,10-11,17H,6,9,12-15H2,(H,27,28)/t17-/m1/s1. The monoisotopic (exact) mass is 393 g/mol. The van der Waals surface area contributed by atoms with Crippen molar-refractivity contribution in [3.8, 4) is 0 Å². The maximum Gasteiger partial charge on any atom is 0.307 e. The largest absolute Gasteiger partial charge is 0.481 e. The van der Waals surface area contributed by atoms with E-state index in [2.05, 4.69) is 20.1 Å². The Hall–Kier alpha value is -3.35. The molecule has 0 aliphatic carbocycles. The molecule has 2 aromatic carbocycles. The van der Waals surface area contributed by atoms with Gasteiger partial charge in [-0.15, -0.1) is 0 Å². The summed E-state index contributed by atoms with van der Waals surface area (Å²) in [6.45, 7) is 2.34. The van der Waals surface area contributed by atoms with E-state index in [9.17, 15) is 9.90 Å². The van der Waals surface area contributed by atoms with Crippen LogP contribution >= 0.6 is 0 Å². The summed E-state index contributed by atoms with van der Waals surface area (Å²) in [6.07, 6.45) is 1.59. The number of carboxylic acid groups (broad SMARTS) is 1. The lowest BCUT2D eigenvalue weighted by atomic mass is 9.98. The summed E-state index contributed by atoms with van der Waals surface area (Å²) in [4.78, 5) is 21.8. The van der Waals surface area contributed by atoms with Crippen LogP contribution in [0.25, 0.3) is 10.4 Å². The number of carboxylic acids is 1. The molecule has 0 aromatic heterocycles. The van der Waals surface area contributed by atoms with Gasteiger partial charge in [0.25, 0.3) is 0 Å². The summed E-state index contributed by atoms with van der Waals surface area (Å²) in [5.41, 5.74) is 11.4. The second-order valence-corrected chi connectivity index (χ2v) is 6.82. The normalized spacial score (nSPS) is 17.4. The van der Waals surface area contributed by atoms with Crippen molar-refractivity contribution in [1.82, 2.24) is 4.90 Å². The van der Waals surface area contributed by atoms with Crippen LogP contribution in [0.1, 0.15) is 24.0 Å². The summed E-state index contributed by atoms with van der Waals surface area (Å²) < 4.78 is 0. The van der Waals surface area contributed by atoms with Gasteiger partial charge < -0.3 is 9.94 Å². The molecule has 1 fully saturated rings. The number of nitrogens with zero attached hydrogens (tertiary/aromatic N) is 5. The minimum absolute atomic E-state index is 0.317. The minimum Gasteiger partial charge on any atom is -0.481 e. The zero-order chi connectivity index (χ0) is 20.5. The topological polar surface area (TPSA) is 111 Å². The van der Waals surface area contributed by atoms with E-state index in [4.69, 9.17) is 10.4 Å². The highest BCUT2D eigenvalue weighted by Gasteiger charge is 2.25. The minimum atomic E-state index is -0.741. The van der Waals surface area contributed by atoms with Gasteiger partial charge in [0, 0.05) is 34.8 Å². The number of hydrogen-bond donors (Lipinski definition) is 1. The molecule has 1 aliphatic rings. The first-order valence-electron chi connectivity index (χ1n) is 9.54. The predicted octanol–water partition coefficient (Wildman–Crippen LogP) is 4.19. The molecule has 8 heteroatoms. The van der Waals surface area contributed by atoms with Crippen LogP contribution < -0.4 is 0 Å². The predicted molar refractivity (Wildman–Crippen MR) is 110 cm³/mol. The van der Waals surface area contributed by atoms with Crippen LogP contribution in [0.5, 0.6) is 0 Å². The van der Waals surface area contributed by atoms with Gasteiger partial charge in [0.2, 0.25) is 0 Å². The molecule has 0 spiro atoms. The first-order valence-corrected chi connectivity index (χ1v) is 9.54. The molecule has 29 heavy (non-hydrogen) atoms. The highest BCUT2D eigenvalue weighted by Crippen LogP contribution is 2.23. The number of rotatable bonds is 8. The summed E-state index contributed by atoms with van der Waals surface area (Å²) in [5, 5.41) is 17.3. The van der Waals surface area contributed by atoms with Crippen molar-refractivity contribution in [3.05, 3.63) is 76.2 Å². The Balaban J connectivity index is 1.73. The van der Waals surface area contributed by atoms with E-state index in [-0.39, 0.29) is 5.92 Å². The van der Waals surface area contributed by atoms with Crippen molar-refractivity contribution >= 4 is 17.4 Å². The van der Waals surface area contributed by atoms with Gasteiger partial charge in [-0.1, -0.05) is 64.9 Å². The Bertz CT molecular complexity index is 910. The summed E-state index contributed by atoms with van der Waals surface area (Å²) in [5.74, 6) is -1.06. The fourth-order valence-corrected chi connectivity index (χ4v) is 3.40. The molecule has 1 saturated heterocycles. The average Bonchev–Trinajstić information content (AvgIpc) is 2.75. The van der Waals surface area contributed by atoms with E-state index in [0.717, 1.165) is 24.9 Å². The fourth-order valence-electron chi connectivity index (χ4n) is 3.40. The maximum atomic E-state index is 11.2. The molecule has 0 bridgehead atoms. The van der Waals surface area contributed by atoms with Crippen LogP contribution in [0, 0.1) is 5.92 Å². The van der Waals surface area contributed by atoms with Gasteiger partial charge in [-0.05, 0) is 24.9 Å². The highest BCUT2D eigenvalue weighted by molar-refractivity contribution is 6.15. The SMILES string of the molecule is [N-]=[N+]=Nc1ccccc1C(=NOCCN1CCC[C@@H](C(=O)O)C1)c1ccccc1. The molecule has 150 valence electrons. The molecule has 8 nitrogen and oxygen atoms in total. The smallest absolute Gasteiger partial charge is 0.307 e. The Kier molecular flexibility index (Phi) is 7.22. The quantitative estimate of drug-likeness (QED) is 0.181. The van der Waals surface area contributed by atoms with Crippen molar-refractivity contribution in [2.75, 3.05) is 26.2 Å².